The molecular formula is C21H17ClN2O3. The normalized spacial score (nSPS) is 14.0. The van der Waals surface area contributed by atoms with Gasteiger partial charge in [-0.3, -0.25) is 9.78 Å². The van der Waals surface area contributed by atoms with Crippen molar-refractivity contribution in [3.63, 3.8) is 0 Å². The summed E-state index contributed by atoms with van der Waals surface area (Å²) >= 11 is 6.14. The first kappa shape index (κ1) is 17.5. The lowest BCUT2D eigenvalue weighted by molar-refractivity contribution is -0.139. The zero-order chi connectivity index (χ0) is 19.0. The molecule has 2 aromatic carbocycles. The predicted molar refractivity (Wildman–Crippen MR) is 103 cm³/mol. The predicted octanol–water partition coefficient (Wildman–Crippen LogP) is 3.93. The van der Waals surface area contributed by atoms with Gasteiger partial charge in [0.2, 0.25) is 0 Å². The van der Waals surface area contributed by atoms with Crippen LogP contribution in [-0.2, 0) is 17.6 Å². The van der Waals surface area contributed by atoms with Crippen LogP contribution >= 0.6 is 11.6 Å². The number of carboxylic acids is 1. The Morgan fingerprint density at radius 2 is 1.89 bits per heavy atom. The third-order valence-electron chi connectivity index (χ3n) is 4.86. The van der Waals surface area contributed by atoms with Gasteiger partial charge in [0.05, 0.1) is 11.1 Å². The average Bonchev–Trinajstić information content (AvgIpc) is 3.12. The minimum absolute atomic E-state index is 0.418. The van der Waals surface area contributed by atoms with Crippen LogP contribution in [0.2, 0.25) is 5.02 Å². The number of rotatable bonds is 4. The fourth-order valence-electron chi connectivity index (χ4n) is 3.63. The van der Waals surface area contributed by atoms with Gasteiger partial charge in [-0.25, -0.2) is 4.79 Å². The number of carboxylic acid groups (broad SMARTS) is 1. The molecule has 0 unspecified atom stereocenters. The molecule has 1 aliphatic carbocycles. The number of aromatic nitrogens is 1. The molecule has 3 aromatic rings. The molecule has 1 amide bonds. The maximum atomic E-state index is 13.2. The van der Waals surface area contributed by atoms with Crippen LogP contribution in [0.1, 0.15) is 39.6 Å². The quantitative estimate of drug-likeness (QED) is 0.718. The fraction of sp³-hybridized carbons (Fsp3) is 0.190. The second-order valence-corrected chi connectivity index (χ2v) is 7.02. The zero-order valence-electron chi connectivity index (χ0n) is 14.4. The molecule has 1 aliphatic rings. The van der Waals surface area contributed by atoms with Gasteiger partial charge in [-0.05, 0) is 48.6 Å². The van der Waals surface area contributed by atoms with Crippen LogP contribution in [0, 0.1) is 0 Å². The Morgan fingerprint density at radius 3 is 2.63 bits per heavy atom. The first-order valence-corrected chi connectivity index (χ1v) is 9.12. The first-order valence-electron chi connectivity index (χ1n) is 8.74. The number of benzene rings is 2. The number of hydrogen-bond acceptors (Lipinski definition) is 3. The molecule has 0 saturated carbocycles. The Hall–Kier alpha value is -2.92. The van der Waals surface area contributed by atoms with Crippen molar-refractivity contribution in [2.75, 3.05) is 0 Å². The summed E-state index contributed by atoms with van der Waals surface area (Å²) in [6, 6.07) is 12.8. The van der Waals surface area contributed by atoms with Gasteiger partial charge < -0.3 is 10.4 Å². The van der Waals surface area contributed by atoms with E-state index in [1.807, 2.05) is 0 Å². The van der Waals surface area contributed by atoms with Crippen LogP contribution in [0.3, 0.4) is 0 Å². The molecule has 0 radical (unpaired) electrons. The third kappa shape index (κ3) is 3.26. The van der Waals surface area contributed by atoms with Crippen molar-refractivity contribution >= 4 is 34.4 Å². The Labute approximate surface area is 161 Å². The summed E-state index contributed by atoms with van der Waals surface area (Å²) in [6.45, 7) is 0. The number of pyridine rings is 1. The van der Waals surface area contributed by atoms with Gasteiger partial charge in [-0.2, -0.15) is 0 Å². The van der Waals surface area contributed by atoms with Gasteiger partial charge in [-0.15, -0.1) is 0 Å². The van der Waals surface area contributed by atoms with E-state index in [-0.39, 0.29) is 0 Å². The summed E-state index contributed by atoms with van der Waals surface area (Å²) in [7, 11) is 0. The van der Waals surface area contributed by atoms with E-state index >= 15 is 0 Å². The standard InChI is InChI=1S/C21H17ClN2O3/c22-13-9-10-17-15(11-13)18(14-7-4-8-16(14)23-17)20(25)24-19(21(26)27)12-5-2-1-3-6-12/h1-3,5-6,9-11,19H,4,7-8H2,(H,24,25)(H,26,27)/t19-/m0/s1. The van der Waals surface area contributed by atoms with E-state index < -0.39 is 17.9 Å². The first-order chi connectivity index (χ1) is 13.0. The highest BCUT2D eigenvalue weighted by Gasteiger charge is 2.28. The van der Waals surface area contributed by atoms with Crippen LogP contribution in [0.4, 0.5) is 0 Å². The molecule has 27 heavy (non-hydrogen) atoms. The van der Waals surface area contributed by atoms with Gasteiger partial charge in [-0.1, -0.05) is 41.9 Å². The molecule has 136 valence electrons. The van der Waals surface area contributed by atoms with Crippen LogP contribution in [0.5, 0.6) is 0 Å². The number of nitrogens with one attached hydrogen (secondary N) is 1. The molecule has 1 aromatic heterocycles. The maximum absolute atomic E-state index is 13.2. The Morgan fingerprint density at radius 1 is 1.11 bits per heavy atom. The van der Waals surface area contributed by atoms with Crippen molar-refractivity contribution < 1.29 is 14.7 Å². The van der Waals surface area contributed by atoms with Crippen molar-refractivity contribution in [1.29, 1.82) is 0 Å². The van der Waals surface area contributed by atoms with Crippen molar-refractivity contribution in [1.82, 2.24) is 10.3 Å². The van der Waals surface area contributed by atoms with Crippen LogP contribution in [0.15, 0.2) is 48.5 Å². The van der Waals surface area contributed by atoms with Crippen molar-refractivity contribution in [3.8, 4) is 0 Å². The minimum Gasteiger partial charge on any atom is -0.479 e. The monoisotopic (exact) mass is 380 g/mol. The van der Waals surface area contributed by atoms with Crippen LogP contribution in [-0.4, -0.2) is 22.0 Å². The van der Waals surface area contributed by atoms with Crippen LogP contribution in [0.25, 0.3) is 10.9 Å². The Bertz CT molecular complexity index is 1050. The molecule has 1 heterocycles. The molecule has 1 atom stereocenters. The highest BCUT2D eigenvalue weighted by atomic mass is 35.5. The summed E-state index contributed by atoms with van der Waals surface area (Å²) < 4.78 is 0. The topological polar surface area (TPSA) is 79.3 Å². The second-order valence-electron chi connectivity index (χ2n) is 6.58. The Balaban J connectivity index is 1.80. The van der Waals surface area contributed by atoms with Gasteiger partial charge in [0, 0.05) is 16.1 Å². The van der Waals surface area contributed by atoms with Gasteiger partial charge in [0.15, 0.2) is 6.04 Å². The Kier molecular flexibility index (Phi) is 4.54. The maximum Gasteiger partial charge on any atom is 0.330 e. The van der Waals surface area contributed by atoms with E-state index in [1.165, 1.54) is 0 Å². The highest BCUT2D eigenvalue weighted by molar-refractivity contribution is 6.31. The number of carbonyl (C=O) groups is 2. The average molecular weight is 381 g/mol. The second kappa shape index (κ2) is 7.00. The number of fused-ring (bicyclic) bond motifs is 2. The van der Waals surface area contributed by atoms with Crippen molar-refractivity contribution in [3.05, 3.63) is 75.9 Å². The summed E-state index contributed by atoms with van der Waals surface area (Å²) in [5.74, 6) is -1.53. The molecular weight excluding hydrogens is 364 g/mol. The molecule has 0 saturated heterocycles. The number of aryl methyl sites for hydroxylation is 1. The SMILES string of the molecule is O=C(N[C@H](C(=O)O)c1ccccc1)c1c2c(nc3ccc(Cl)cc13)CCC2. The number of nitrogens with zero attached hydrogens (tertiary/aromatic N) is 1. The highest BCUT2D eigenvalue weighted by Crippen LogP contribution is 2.32. The van der Waals surface area contributed by atoms with E-state index in [4.69, 9.17) is 11.6 Å². The van der Waals surface area contributed by atoms with Gasteiger partial charge >= 0.3 is 5.97 Å². The van der Waals surface area contributed by atoms with E-state index in [2.05, 4.69) is 10.3 Å². The smallest absolute Gasteiger partial charge is 0.330 e. The van der Waals surface area contributed by atoms with Crippen LogP contribution < -0.4 is 5.32 Å². The number of aliphatic carboxylic acids is 1. The third-order valence-corrected chi connectivity index (χ3v) is 5.09. The number of amides is 1. The zero-order valence-corrected chi connectivity index (χ0v) is 15.2. The largest absolute Gasteiger partial charge is 0.479 e. The number of halogens is 1. The summed E-state index contributed by atoms with van der Waals surface area (Å²) in [6.07, 6.45) is 2.49. The number of hydrogen-bond donors (Lipinski definition) is 2. The molecule has 5 nitrogen and oxygen atoms in total. The molecule has 0 bridgehead atoms. The molecule has 0 spiro atoms. The lowest BCUT2D eigenvalue weighted by Gasteiger charge is -2.18. The lowest BCUT2D eigenvalue weighted by atomic mass is 9.99. The van der Waals surface area contributed by atoms with Gasteiger partial charge in [0.1, 0.15) is 0 Å². The summed E-state index contributed by atoms with van der Waals surface area (Å²) in [4.78, 5) is 29.6. The molecule has 0 fully saturated rings. The fourth-order valence-corrected chi connectivity index (χ4v) is 3.80. The molecule has 2 N–H and O–H groups in total. The van der Waals surface area contributed by atoms with E-state index in [9.17, 15) is 14.7 Å². The van der Waals surface area contributed by atoms with Crippen molar-refractivity contribution in [2.45, 2.75) is 25.3 Å². The van der Waals surface area contributed by atoms with Gasteiger partial charge in [0.25, 0.3) is 5.91 Å². The summed E-state index contributed by atoms with van der Waals surface area (Å²) in [5, 5.41) is 13.5. The van der Waals surface area contributed by atoms with E-state index in [0.717, 1.165) is 30.5 Å². The molecule has 0 aliphatic heterocycles. The lowest BCUT2D eigenvalue weighted by Crippen LogP contribution is -2.34. The van der Waals surface area contributed by atoms with E-state index in [1.54, 1.807) is 48.5 Å². The van der Waals surface area contributed by atoms with E-state index in [0.29, 0.717) is 27.1 Å². The summed E-state index contributed by atoms with van der Waals surface area (Å²) in [5.41, 5.74) is 3.49. The molecule has 4 rings (SSSR count). The number of carbonyl (C=O) groups excluding carboxylic acids is 1. The van der Waals surface area contributed by atoms with Crippen molar-refractivity contribution in [2.24, 2.45) is 0 Å². The minimum atomic E-state index is -1.13. The molecule has 6 heteroatoms.